The minimum atomic E-state index is -3.32. The molecule has 3 rings (SSSR count). The largest absolute Gasteiger partial charge is 0.484 e. The van der Waals surface area contributed by atoms with Gasteiger partial charge in [0.15, 0.2) is 6.61 Å². The maximum absolute atomic E-state index is 12.1. The van der Waals surface area contributed by atoms with Crippen LogP contribution >= 0.6 is 0 Å². The van der Waals surface area contributed by atoms with E-state index in [0.29, 0.717) is 30.1 Å². The van der Waals surface area contributed by atoms with Gasteiger partial charge in [-0.2, -0.15) is 0 Å². The van der Waals surface area contributed by atoms with Gasteiger partial charge in [0.05, 0.1) is 11.9 Å². The Morgan fingerprint density at radius 1 is 1.15 bits per heavy atom. The summed E-state index contributed by atoms with van der Waals surface area (Å²) >= 11 is 0. The monoisotopic (exact) mass is 374 g/mol. The van der Waals surface area contributed by atoms with Gasteiger partial charge < -0.3 is 10.1 Å². The number of ether oxygens (including phenoxy) is 1. The van der Waals surface area contributed by atoms with Crippen LogP contribution in [0.3, 0.4) is 0 Å². The van der Waals surface area contributed by atoms with Gasteiger partial charge in [-0.3, -0.25) is 9.10 Å². The fraction of sp³-hybridized carbons (Fsp3) is 0.316. The van der Waals surface area contributed by atoms with Crippen molar-refractivity contribution in [1.82, 2.24) is 0 Å². The first kappa shape index (κ1) is 18.3. The highest BCUT2D eigenvalue weighted by atomic mass is 32.2. The molecule has 26 heavy (non-hydrogen) atoms. The molecule has 0 fully saturated rings. The smallest absolute Gasteiger partial charge is 0.262 e. The molecule has 1 N–H and O–H groups in total. The van der Waals surface area contributed by atoms with Gasteiger partial charge in [-0.05, 0) is 61.2 Å². The lowest BCUT2D eigenvalue weighted by molar-refractivity contribution is -0.118. The van der Waals surface area contributed by atoms with Crippen molar-refractivity contribution in [3.63, 3.8) is 0 Å². The number of carbonyl (C=O) groups is 1. The highest BCUT2D eigenvalue weighted by Crippen LogP contribution is 2.32. The Kier molecular flexibility index (Phi) is 4.91. The van der Waals surface area contributed by atoms with Crippen molar-refractivity contribution in [2.75, 3.05) is 29.0 Å². The Hall–Kier alpha value is -2.54. The van der Waals surface area contributed by atoms with Crippen LogP contribution in [0.15, 0.2) is 36.4 Å². The minimum Gasteiger partial charge on any atom is -0.484 e. The summed E-state index contributed by atoms with van der Waals surface area (Å²) in [6, 6.07) is 11.0. The van der Waals surface area contributed by atoms with Crippen LogP contribution in [0.4, 0.5) is 11.4 Å². The van der Waals surface area contributed by atoms with Gasteiger partial charge in [-0.1, -0.05) is 12.1 Å². The summed E-state index contributed by atoms with van der Waals surface area (Å²) < 4.78 is 30.6. The number of sulfonamides is 1. The molecule has 1 aliphatic heterocycles. The number of hydrogen-bond donors (Lipinski definition) is 1. The molecular formula is C19H22N2O4S. The molecule has 0 radical (unpaired) electrons. The standard InChI is InChI=1S/C19H22N2O4S/c1-13-4-7-17(10-14(13)2)25-12-19(22)20-16-6-5-15-8-9-21(18(15)11-16)26(3,23)24/h4-7,10-11H,8-9,12H2,1-3H3,(H,20,22). The maximum atomic E-state index is 12.1. The van der Waals surface area contributed by atoms with Crippen LogP contribution in [-0.2, 0) is 21.2 Å². The van der Waals surface area contributed by atoms with Crippen LogP contribution in [0.5, 0.6) is 5.75 Å². The van der Waals surface area contributed by atoms with Crippen molar-refractivity contribution >= 4 is 27.3 Å². The first-order valence-corrected chi connectivity index (χ1v) is 10.2. The summed E-state index contributed by atoms with van der Waals surface area (Å²) in [5.41, 5.74) is 4.39. The first-order chi connectivity index (χ1) is 12.2. The van der Waals surface area contributed by atoms with Crippen molar-refractivity contribution in [3.05, 3.63) is 53.1 Å². The number of nitrogens with zero attached hydrogens (tertiary/aromatic N) is 1. The molecule has 0 bridgehead atoms. The highest BCUT2D eigenvalue weighted by Gasteiger charge is 2.26. The predicted molar refractivity (Wildman–Crippen MR) is 102 cm³/mol. The number of rotatable bonds is 5. The number of anilines is 2. The summed E-state index contributed by atoms with van der Waals surface area (Å²) in [6.07, 6.45) is 1.86. The van der Waals surface area contributed by atoms with Crippen LogP contribution < -0.4 is 14.4 Å². The Balaban J connectivity index is 1.66. The van der Waals surface area contributed by atoms with E-state index < -0.39 is 10.0 Å². The maximum Gasteiger partial charge on any atom is 0.262 e. The van der Waals surface area contributed by atoms with E-state index in [9.17, 15) is 13.2 Å². The molecule has 6 nitrogen and oxygen atoms in total. The molecule has 0 aliphatic carbocycles. The summed E-state index contributed by atoms with van der Waals surface area (Å²) in [6.45, 7) is 4.32. The quantitative estimate of drug-likeness (QED) is 0.873. The number of hydrogen-bond acceptors (Lipinski definition) is 4. The van der Waals surface area contributed by atoms with Gasteiger partial charge in [0.25, 0.3) is 5.91 Å². The zero-order chi connectivity index (χ0) is 18.9. The molecule has 2 aromatic carbocycles. The van der Waals surface area contributed by atoms with Crippen LogP contribution in [0, 0.1) is 13.8 Å². The molecule has 2 aromatic rings. The second kappa shape index (κ2) is 6.99. The normalized spacial score (nSPS) is 13.4. The lowest BCUT2D eigenvalue weighted by Gasteiger charge is -2.17. The van der Waals surface area contributed by atoms with E-state index in [2.05, 4.69) is 5.32 Å². The average Bonchev–Trinajstić information content (AvgIpc) is 2.99. The zero-order valence-electron chi connectivity index (χ0n) is 15.1. The van der Waals surface area contributed by atoms with Gasteiger partial charge in [0, 0.05) is 12.2 Å². The van der Waals surface area contributed by atoms with Gasteiger partial charge in [-0.25, -0.2) is 8.42 Å². The lowest BCUT2D eigenvalue weighted by Crippen LogP contribution is -2.27. The van der Waals surface area contributed by atoms with E-state index >= 15 is 0 Å². The van der Waals surface area contributed by atoms with Gasteiger partial charge in [0.2, 0.25) is 10.0 Å². The Labute approximate surface area is 153 Å². The zero-order valence-corrected chi connectivity index (χ0v) is 15.9. The SMILES string of the molecule is Cc1ccc(OCC(=O)Nc2ccc3c(c2)N(S(C)(=O)=O)CC3)cc1C. The second-order valence-corrected chi connectivity index (χ2v) is 8.42. The molecule has 0 saturated heterocycles. The van der Waals surface area contributed by atoms with E-state index in [-0.39, 0.29) is 12.5 Å². The molecular weight excluding hydrogens is 352 g/mol. The molecule has 0 spiro atoms. The molecule has 138 valence electrons. The molecule has 0 atom stereocenters. The van der Waals surface area contributed by atoms with Crippen LogP contribution in [-0.4, -0.2) is 33.7 Å². The third-order valence-corrected chi connectivity index (χ3v) is 5.65. The number of nitrogens with one attached hydrogen (secondary N) is 1. The van der Waals surface area contributed by atoms with Crippen LogP contribution in [0.1, 0.15) is 16.7 Å². The lowest BCUT2D eigenvalue weighted by atomic mass is 10.1. The van der Waals surface area contributed by atoms with Crippen molar-refractivity contribution in [2.45, 2.75) is 20.3 Å². The molecule has 1 heterocycles. The Bertz CT molecular complexity index is 954. The third kappa shape index (κ3) is 3.99. The fourth-order valence-electron chi connectivity index (χ4n) is 2.92. The predicted octanol–water partition coefficient (Wildman–Crippen LogP) is 2.64. The molecule has 0 aromatic heterocycles. The van der Waals surface area contributed by atoms with Gasteiger partial charge in [0.1, 0.15) is 5.75 Å². The number of carbonyl (C=O) groups excluding carboxylic acids is 1. The van der Waals surface area contributed by atoms with E-state index in [1.807, 2.05) is 38.1 Å². The summed E-state index contributed by atoms with van der Waals surface area (Å²) in [5, 5.41) is 2.75. The Morgan fingerprint density at radius 3 is 2.62 bits per heavy atom. The molecule has 1 amide bonds. The third-order valence-electron chi connectivity index (χ3n) is 4.47. The number of benzene rings is 2. The van der Waals surface area contributed by atoms with Crippen molar-refractivity contribution in [3.8, 4) is 5.75 Å². The molecule has 7 heteroatoms. The highest BCUT2D eigenvalue weighted by molar-refractivity contribution is 7.92. The Morgan fingerprint density at radius 2 is 1.92 bits per heavy atom. The van der Waals surface area contributed by atoms with Crippen molar-refractivity contribution in [1.29, 1.82) is 0 Å². The average molecular weight is 374 g/mol. The summed E-state index contributed by atoms with van der Waals surface area (Å²) in [5.74, 6) is 0.340. The van der Waals surface area contributed by atoms with Gasteiger partial charge >= 0.3 is 0 Å². The molecule has 0 unspecified atom stereocenters. The van der Waals surface area contributed by atoms with E-state index in [4.69, 9.17) is 4.74 Å². The summed E-state index contributed by atoms with van der Waals surface area (Å²) in [7, 11) is -3.32. The van der Waals surface area contributed by atoms with Gasteiger partial charge in [-0.15, -0.1) is 0 Å². The minimum absolute atomic E-state index is 0.116. The first-order valence-electron chi connectivity index (χ1n) is 8.34. The van der Waals surface area contributed by atoms with E-state index in [1.54, 1.807) is 12.1 Å². The molecule has 0 saturated carbocycles. The molecule has 1 aliphatic rings. The van der Waals surface area contributed by atoms with E-state index in [1.165, 1.54) is 10.6 Å². The van der Waals surface area contributed by atoms with Crippen LogP contribution in [0.25, 0.3) is 0 Å². The van der Waals surface area contributed by atoms with Crippen molar-refractivity contribution < 1.29 is 17.9 Å². The van der Waals surface area contributed by atoms with Crippen LogP contribution in [0.2, 0.25) is 0 Å². The summed E-state index contributed by atoms with van der Waals surface area (Å²) in [4.78, 5) is 12.1. The fourth-order valence-corrected chi connectivity index (χ4v) is 3.87. The number of amides is 1. The van der Waals surface area contributed by atoms with E-state index in [0.717, 1.165) is 16.7 Å². The van der Waals surface area contributed by atoms with Crippen molar-refractivity contribution in [2.24, 2.45) is 0 Å². The number of fused-ring (bicyclic) bond motifs is 1. The second-order valence-electron chi connectivity index (χ2n) is 6.51. The number of aryl methyl sites for hydroxylation is 2. The topological polar surface area (TPSA) is 75.7 Å².